The molecule has 1 aromatic heterocycles. The van der Waals surface area contributed by atoms with Crippen molar-refractivity contribution in [3.63, 3.8) is 0 Å². The molecule has 5 nitrogen and oxygen atoms in total. The third-order valence-electron chi connectivity index (χ3n) is 6.40. The summed E-state index contributed by atoms with van der Waals surface area (Å²) in [5, 5.41) is 0. The highest BCUT2D eigenvalue weighted by Gasteiger charge is 2.51. The summed E-state index contributed by atoms with van der Waals surface area (Å²) in [6.07, 6.45) is 3.27. The Bertz CT molecular complexity index is 919. The molecule has 3 heterocycles. The van der Waals surface area contributed by atoms with Crippen LogP contribution >= 0.6 is 0 Å². The Labute approximate surface area is 168 Å². The fourth-order valence-corrected chi connectivity index (χ4v) is 4.70. The van der Waals surface area contributed by atoms with Gasteiger partial charge < -0.3 is 9.64 Å². The lowest BCUT2D eigenvalue weighted by Gasteiger charge is -2.45. The first-order valence-electron chi connectivity index (χ1n) is 10.2. The first-order valence-corrected chi connectivity index (χ1v) is 10.2. The number of piperidine rings is 1. The molecule has 0 radical (unpaired) electrons. The van der Waals surface area contributed by atoms with E-state index in [2.05, 4.69) is 4.98 Å². The average Bonchev–Trinajstić information content (AvgIpc) is 2.73. The molecule has 1 aromatic carbocycles. The van der Waals surface area contributed by atoms with Gasteiger partial charge in [-0.05, 0) is 24.8 Å². The van der Waals surface area contributed by atoms with Gasteiger partial charge in [-0.1, -0.05) is 30.3 Å². The van der Waals surface area contributed by atoms with Crippen LogP contribution in [0.5, 0.6) is 0 Å². The van der Waals surface area contributed by atoms with E-state index in [1.165, 1.54) is 0 Å². The van der Waals surface area contributed by atoms with Crippen molar-refractivity contribution < 1.29 is 18.3 Å². The summed E-state index contributed by atoms with van der Waals surface area (Å²) < 4.78 is 32.5. The molecule has 2 aromatic rings. The molecule has 1 amide bonds. The van der Waals surface area contributed by atoms with Gasteiger partial charge in [0.05, 0.1) is 12.3 Å². The zero-order valence-electron chi connectivity index (χ0n) is 16.1. The minimum atomic E-state index is -2.67. The summed E-state index contributed by atoms with van der Waals surface area (Å²) in [7, 11) is 0. The van der Waals surface area contributed by atoms with Crippen LogP contribution in [0.15, 0.2) is 36.5 Å². The number of nitrogens with zero attached hydrogens (tertiary/aromatic N) is 3. The van der Waals surface area contributed by atoms with Gasteiger partial charge >= 0.3 is 0 Å². The number of carbonyl (C=O) groups is 1. The lowest BCUT2D eigenvalue weighted by molar-refractivity contribution is -0.166. The van der Waals surface area contributed by atoms with E-state index < -0.39 is 17.4 Å². The van der Waals surface area contributed by atoms with Gasteiger partial charge in [0.2, 0.25) is 11.8 Å². The van der Waals surface area contributed by atoms with E-state index in [4.69, 9.17) is 9.72 Å². The van der Waals surface area contributed by atoms with Gasteiger partial charge in [0.1, 0.15) is 5.60 Å². The number of hydrogen-bond donors (Lipinski definition) is 0. The van der Waals surface area contributed by atoms with Crippen molar-refractivity contribution in [2.24, 2.45) is 5.92 Å². The van der Waals surface area contributed by atoms with Crippen molar-refractivity contribution >= 4 is 5.91 Å². The molecule has 2 aliphatic heterocycles. The van der Waals surface area contributed by atoms with Gasteiger partial charge in [-0.2, -0.15) is 0 Å². The summed E-state index contributed by atoms with van der Waals surface area (Å²) in [6, 6.07) is 9.83. The molecule has 1 aliphatic carbocycles. The molecule has 5 rings (SSSR count). The van der Waals surface area contributed by atoms with E-state index in [1.807, 2.05) is 36.5 Å². The monoisotopic (exact) mass is 399 g/mol. The molecule has 1 spiro atoms. The van der Waals surface area contributed by atoms with Crippen LogP contribution < -0.4 is 0 Å². The van der Waals surface area contributed by atoms with Gasteiger partial charge in [0.25, 0.3) is 0 Å². The molecule has 29 heavy (non-hydrogen) atoms. The highest BCUT2D eigenvalue weighted by molar-refractivity contribution is 5.80. The zero-order chi connectivity index (χ0) is 20.1. The number of aromatic nitrogens is 2. The molecule has 0 bridgehead atoms. The standard InChI is InChI=1S/C22H23F2N3O2/c23-22(24)12-17(13-22)20(28)27-9-7-21(8-10-27)18-16(6-11-29-21)14-25-19(26-18)15-4-2-1-3-5-15/h1-5,14,17H,6-13H2. The highest BCUT2D eigenvalue weighted by atomic mass is 19.3. The second-order valence-electron chi connectivity index (χ2n) is 8.31. The molecule has 1 saturated heterocycles. The number of halogens is 2. The number of benzene rings is 1. The summed E-state index contributed by atoms with van der Waals surface area (Å²) in [6.45, 7) is 1.61. The summed E-state index contributed by atoms with van der Waals surface area (Å²) in [4.78, 5) is 23.7. The van der Waals surface area contributed by atoms with Crippen LogP contribution in [0.3, 0.4) is 0 Å². The first kappa shape index (κ1) is 18.6. The number of alkyl halides is 2. The SMILES string of the molecule is O=C(C1CC(F)(F)C1)N1CCC2(CC1)OCCc1cnc(-c3ccccc3)nc12. The number of fused-ring (bicyclic) bond motifs is 2. The van der Waals surface area contributed by atoms with Crippen molar-refractivity contribution in [1.82, 2.24) is 14.9 Å². The van der Waals surface area contributed by atoms with Crippen molar-refractivity contribution in [2.45, 2.75) is 43.6 Å². The molecule has 2 fully saturated rings. The second-order valence-corrected chi connectivity index (χ2v) is 8.31. The number of carbonyl (C=O) groups excluding carboxylic acids is 1. The lowest BCUT2D eigenvalue weighted by atomic mass is 9.78. The van der Waals surface area contributed by atoms with E-state index in [-0.39, 0.29) is 18.7 Å². The number of likely N-dealkylation sites (tertiary alicyclic amines) is 1. The molecular formula is C22H23F2N3O2. The first-order chi connectivity index (χ1) is 14.0. The fraction of sp³-hybridized carbons (Fsp3) is 0.500. The smallest absolute Gasteiger partial charge is 0.249 e. The Morgan fingerprint density at radius 2 is 1.86 bits per heavy atom. The van der Waals surface area contributed by atoms with Crippen molar-refractivity contribution in [1.29, 1.82) is 0 Å². The number of hydrogen-bond acceptors (Lipinski definition) is 4. The van der Waals surface area contributed by atoms with E-state index in [0.717, 1.165) is 23.2 Å². The Morgan fingerprint density at radius 1 is 1.14 bits per heavy atom. The van der Waals surface area contributed by atoms with Crippen LogP contribution in [-0.2, 0) is 21.6 Å². The molecule has 152 valence electrons. The average molecular weight is 399 g/mol. The number of rotatable bonds is 2. The van der Waals surface area contributed by atoms with Crippen LogP contribution in [0.1, 0.15) is 36.9 Å². The Hall–Kier alpha value is -2.41. The number of ether oxygens (including phenoxy) is 1. The predicted molar refractivity (Wildman–Crippen MR) is 102 cm³/mol. The Kier molecular flexibility index (Phi) is 4.38. The van der Waals surface area contributed by atoms with E-state index in [9.17, 15) is 13.6 Å². The molecule has 3 aliphatic rings. The van der Waals surface area contributed by atoms with E-state index in [0.29, 0.717) is 38.4 Å². The van der Waals surface area contributed by atoms with Crippen LogP contribution in [0.2, 0.25) is 0 Å². The molecular weight excluding hydrogens is 376 g/mol. The fourth-order valence-electron chi connectivity index (χ4n) is 4.70. The Balaban J connectivity index is 1.36. The van der Waals surface area contributed by atoms with Gasteiger partial charge in [0.15, 0.2) is 5.82 Å². The van der Waals surface area contributed by atoms with Gasteiger partial charge in [-0.3, -0.25) is 4.79 Å². The van der Waals surface area contributed by atoms with E-state index in [1.54, 1.807) is 4.90 Å². The van der Waals surface area contributed by atoms with Crippen molar-refractivity contribution in [3.8, 4) is 11.4 Å². The highest BCUT2D eigenvalue weighted by Crippen LogP contribution is 2.45. The molecule has 0 N–H and O–H groups in total. The minimum absolute atomic E-state index is 0.144. The second kappa shape index (κ2) is 6.83. The molecule has 7 heteroatoms. The largest absolute Gasteiger partial charge is 0.368 e. The maximum absolute atomic E-state index is 13.1. The lowest BCUT2D eigenvalue weighted by Crippen LogP contribution is -2.53. The topological polar surface area (TPSA) is 55.3 Å². The quantitative estimate of drug-likeness (QED) is 0.775. The summed E-state index contributed by atoms with van der Waals surface area (Å²) in [5.74, 6) is -2.68. The van der Waals surface area contributed by atoms with Gasteiger partial charge in [0, 0.05) is 43.6 Å². The maximum atomic E-state index is 13.1. The van der Waals surface area contributed by atoms with Crippen LogP contribution in [0.25, 0.3) is 11.4 Å². The third kappa shape index (κ3) is 3.31. The van der Waals surface area contributed by atoms with Crippen molar-refractivity contribution in [3.05, 3.63) is 47.8 Å². The maximum Gasteiger partial charge on any atom is 0.249 e. The van der Waals surface area contributed by atoms with Gasteiger partial charge in [-0.25, -0.2) is 18.7 Å². The predicted octanol–water partition coefficient (Wildman–Crippen LogP) is 3.58. The summed E-state index contributed by atoms with van der Waals surface area (Å²) >= 11 is 0. The summed E-state index contributed by atoms with van der Waals surface area (Å²) in [5.41, 5.74) is 2.43. The van der Waals surface area contributed by atoms with Crippen molar-refractivity contribution in [2.75, 3.05) is 19.7 Å². The minimum Gasteiger partial charge on any atom is -0.368 e. The number of amides is 1. The van der Waals surface area contributed by atoms with Crippen LogP contribution in [0.4, 0.5) is 8.78 Å². The Morgan fingerprint density at radius 3 is 2.55 bits per heavy atom. The van der Waals surface area contributed by atoms with Crippen LogP contribution in [-0.4, -0.2) is 46.4 Å². The zero-order valence-corrected chi connectivity index (χ0v) is 16.1. The van der Waals surface area contributed by atoms with Crippen LogP contribution in [0, 0.1) is 5.92 Å². The van der Waals surface area contributed by atoms with E-state index >= 15 is 0 Å². The molecule has 1 saturated carbocycles. The third-order valence-corrected chi connectivity index (χ3v) is 6.40. The molecule has 0 unspecified atom stereocenters. The molecule has 0 atom stereocenters. The normalized spacial score (nSPS) is 22.8. The van der Waals surface area contributed by atoms with Gasteiger partial charge in [-0.15, -0.1) is 0 Å².